The number of hydrogen-bond donors (Lipinski definition) is 1. The Morgan fingerprint density at radius 3 is 1.89 bits per heavy atom. The van der Waals surface area contributed by atoms with E-state index in [9.17, 15) is 18.0 Å². The maximum absolute atomic E-state index is 12.8. The molecule has 4 nitrogen and oxygen atoms in total. The van der Waals surface area contributed by atoms with Gasteiger partial charge in [0.2, 0.25) is 0 Å². The number of hydrogen-bond acceptors (Lipinski definition) is 3. The highest BCUT2D eigenvalue weighted by Gasteiger charge is 2.30. The maximum Gasteiger partial charge on any atom is 0.437 e. The summed E-state index contributed by atoms with van der Waals surface area (Å²) in [6.45, 7) is 0. The van der Waals surface area contributed by atoms with Crippen molar-refractivity contribution in [2.24, 2.45) is 5.16 Å². The lowest BCUT2D eigenvalue weighted by Crippen LogP contribution is -2.13. The predicted molar refractivity (Wildman–Crippen MR) is 100 cm³/mol. The summed E-state index contributed by atoms with van der Waals surface area (Å²) in [5.74, 6) is 0. The van der Waals surface area contributed by atoms with Gasteiger partial charge in [-0.2, -0.15) is 13.2 Å². The molecule has 3 aromatic carbocycles. The van der Waals surface area contributed by atoms with E-state index in [0.717, 1.165) is 12.1 Å². The van der Waals surface area contributed by atoms with Gasteiger partial charge in [0.1, 0.15) is 5.71 Å². The second-order valence-electron chi connectivity index (χ2n) is 5.75. The van der Waals surface area contributed by atoms with Crippen LogP contribution in [-0.2, 0) is 11.0 Å². The van der Waals surface area contributed by atoms with Gasteiger partial charge >= 0.3 is 12.3 Å². The van der Waals surface area contributed by atoms with Crippen LogP contribution in [0.15, 0.2) is 90.1 Å². The number of para-hydroxylation sites is 1. The van der Waals surface area contributed by atoms with Crippen LogP contribution in [0.4, 0.5) is 23.7 Å². The Hall–Kier alpha value is -3.61. The Balaban J connectivity index is 1.85. The Bertz CT molecular complexity index is 954. The van der Waals surface area contributed by atoms with E-state index in [1.807, 2.05) is 0 Å². The number of carbonyl (C=O) groups excluding carboxylic acids is 1. The number of alkyl halides is 3. The molecule has 0 aliphatic heterocycles. The molecule has 3 aromatic rings. The largest absolute Gasteiger partial charge is 0.437 e. The lowest BCUT2D eigenvalue weighted by Gasteiger charge is -2.10. The minimum absolute atomic E-state index is 0.234. The lowest BCUT2D eigenvalue weighted by molar-refractivity contribution is -0.137. The number of nitrogens with zero attached hydrogens (tertiary/aromatic N) is 1. The van der Waals surface area contributed by atoms with Crippen molar-refractivity contribution in [1.82, 2.24) is 0 Å². The van der Waals surface area contributed by atoms with Crippen LogP contribution < -0.4 is 5.32 Å². The van der Waals surface area contributed by atoms with Crippen molar-refractivity contribution in [3.63, 3.8) is 0 Å². The van der Waals surface area contributed by atoms with Gasteiger partial charge in [0, 0.05) is 16.8 Å². The zero-order chi connectivity index (χ0) is 20.0. The summed E-state index contributed by atoms with van der Waals surface area (Å²) < 4.78 is 38.4. The first kappa shape index (κ1) is 19.2. The number of amides is 1. The van der Waals surface area contributed by atoms with Gasteiger partial charge in [-0.05, 0) is 24.3 Å². The van der Waals surface area contributed by atoms with Gasteiger partial charge < -0.3 is 0 Å². The normalized spacial score (nSPS) is 11.8. The molecule has 1 N–H and O–H groups in total. The fourth-order valence-electron chi connectivity index (χ4n) is 2.43. The quantitative estimate of drug-likeness (QED) is 0.356. The maximum atomic E-state index is 12.8. The summed E-state index contributed by atoms with van der Waals surface area (Å²) in [5, 5.41) is 6.39. The topological polar surface area (TPSA) is 50.7 Å². The van der Waals surface area contributed by atoms with Gasteiger partial charge in [0.05, 0.1) is 5.56 Å². The lowest BCUT2D eigenvalue weighted by atomic mass is 10.0. The molecule has 7 heteroatoms. The van der Waals surface area contributed by atoms with Crippen LogP contribution in [-0.4, -0.2) is 11.8 Å². The van der Waals surface area contributed by atoms with Crippen molar-refractivity contribution in [2.45, 2.75) is 6.18 Å². The number of anilines is 1. The van der Waals surface area contributed by atoms with Crippen molar-refractivity contribution in [3.8, 4) is 0 Å². The highest BCUT2D eigenvalue weighted by Crippen LogP contribution is 2.29. The molecule has 0 fully saturated rings. The van der Waals surface area contributed by atoms with Crippen molar-refractivity contribution >= 4 is 17.5 Å². The van der Waals surface area contributed by atoms with E-state index < -0.39 is 17.8 Å². The molecule has 0 heterocycles. The summed E-state index contributed by atoms with van der Waals surface area (Å²) >= 11 is 0. The van der Waals surface area contributed by atoms with E-state index in [1.165, 1.54) is 12.1 Å². The summed E-state index contributed by atoms with van der Waals surface area (Å²) in [5.41, 5.74) is 0.962. The zero-order valence-corrected chi connectivity index (χ0v) is 14.5. The van der Waals surface area contributed by atoms with Gasteiger partial charge in [-0.1, -0.05) is 65.8 Å². The molecular weight excluding hydrogens is 369 g/mol. The standard InChI is InChI=1S/C21H15F3N2O2/c22-21(23,24)17-13-11-16(12-14-17)19(15-7-3-1-4-8-15)26-28-20(27)25-18-9-5-2-6-10-18/h1-14H,(H,25,27). The molecule has 0 saturated heterocycles. The number of carbonyl (C=O) groups is 1. The van der Waals surface area contributed by atoms with Gasteiger partial charge in [-0.3, -0.25) is 10.2 Å². The highest BCUT2D eigenvalue weighted by molar-refractivity contribution is 6.12. The molecule has 0 radical (unpaired) electrons. The van der Waals surface area contributed by atoms with Crippen LogP contribution >= 0.6 is 0 Å². The average Bonchev–Trinajstić information content (AvgIpc) is 2.69. The SMILES string of the molecule is O=C(Nc1ccccc1)ON=C(c1ccccc1)c1ccc(C(F)(F)F)cc1. The first-order valence-electron chi connectivity index (χ1n) is 8.27. The van der Waals surface area contributed by atoms with E-state index in [-0.39, 0.29) is 5.71 Å². The number of halogens is 3. The number of benzene rings is 3. The third kappa shape index (κ3) is 4.97. The first-order valence-corrected chi connectivity index (χ1v) is 8.27. The molecule has 0 bridgehead atoms. The van der Waals surface area contributed by atoms with Crippen LogP contribution in [0.5, 0.6) is 0 Å². The molecule has 0 aliphatic carbocycles. The van der Waals surface area contributed by atoms with E-state index in [4.69, 9.17) is 4.84 Å². The highest BCUT2D eigenvalue weighted by atomic mass is 19.4. The van der Waals surface area contributed by atoms with Gasteiger partial charge in [0.15, 0.2) is 0 Å². The van der Waals surface area contributed by atoms with Gasteiger partial charge in [-0.15, -0.1) is 0 Å². The van der Waals surface area contributed by atoms with Gasteiger partial charge in [-0.25, -0.2) is 4.79 Å². The Morgan fingerprint density at radius 2 is 1.32 bits per heavy atom. The smallest absolute Gasteiger partial charge is 0.297 e. The molecule has 0 saturated carbocycles. The van der Waals surface area contributed by atoms with Crippen LogP contribution in [0.3, 0.4) is 0 Å². The van der Waals surface area contributed by atoms with Crippen LogP contribution in [0, 0.1) is 0 Å². The fraction of sp³-hybridized carbons (Fsp3) is 0.0476. The summed E-state index contributed by atoms with van der Waals surface area (Å²) in [7, 11) is 0. The van der Waals surface area contributed by atoms with Crippen LogP contribution in [0.2, 0.25) is 0 Å². The summed E-state index contributed by atoms with van der Waals surface area (Å²) in [4.78, 5) is 16.9. The van der Waals surface area contributed by atoms with Crippen molar-refractivity contribution < 1.29 is 22.8 Å². The summed E-state index contributed by atoms with van der Waals surface area (Å²) in [6.07, 6.45) is -5.25. The molecule has 0 atom stereocenters. The Labute approximate surface area is 159 Å². The Kier molecular flexibility index (Phi) is 5.74. The molecule has 142 valence electrons. The van der Waals surface area contributed by atoms with Crippen molar-refractivity contribution in [2.75, 3.05) is 5.32 Å². The van der Waals surface area contributed by atoms with Gasteiger partial charge in [0.25, 0.3) is 0 Å². The minimum atomic E-state index is -4.44. The van der Waals surface area contributed by atoms with E-state index in [0.29, 0.717) is 16.8 Å². The third-order valence-corrected chi connectivity index (χ3v) is 3.77. The fourth-order valence-corrected chi connectivity index (χ4v) is 2.43. The third-order valence-electron chi connectivity index (χ3n) is 3.77. The Morgan fingerprint density at radius 1 is 0.786 bits per heavy atom. The van der Waals surface area contributed by atoms with Crippen LogP contribution in [0.1, 0.15) is 16.7 Å². The minimum Gasteiger partial charge on any atom is -0.297 e. The van der Waals surface area contributed by atoms with Crippen molar-refractivity contribution in [1.29, 1.82) is 0 Å². The molecule has 0 aliphatic rings. The monoisotopic (exact) mass is 384 g/mol. The number of rotatable bonds is 4. The average molecular weight is 384 g/mol. The van der Waals surface area contributed by atoms with Crippen LogP contribution in [0.25, 0.3) is 0 Å². The molecule has 3 rings (SSSR count). The van der Waals surface area contributed by atoms with Crippen molar-refractivity contribution in [3.05, 3.63) is 102 Å². The molecule has 28 heavy (non-hydrogen) atoms. The van der Waals surface area contributed by atoms with E-state index in [2.05, 4.69) is 10.5 Å². The predicted octanol–water partition coefficient (Wildman–Crippen LogP) is 5.71. The van der Waals surface area contributed by atoms with E-state index in [1.54, 1.807) is 60.7 Å². The second kappa shape index (κ2) is 8.39. The second-order valence-corrected chi connectivity index (χ2v) is 5.75. The molecule has 1 amide bonds. The number of nitrogens with one attached hydrogen (secondary N) is 1. The van der Waals surface area contributed by atoms with E-state index >= 15 is 0 Å². The molecule has 0 aromatic heterocycles. The number of oxime groups is 1. The molecule has 0 unspecified atom stereocenters. The first-order chi connectivity index (χ1) is 13.4. The molecular formula is C21H15F3N2O2. The summed E-state index contributed by atoms with van der Waals surface area (Å²) in [6, 6.07) is 21.9. The zero-order valence-electron chi connectivity index (χ0n) is 14.5. The molecule has 0 spiro atoms.